The Morgan fingerprint density at radius 1 is 0.775 bits per heavy atom. The van der Waals surface area contributed by atoms with Gasteiger partial charge < -0.3 is 50.5 Å². The summed E-state index contributed by atoms with van der Waals surface area (Å²) in [6.07, 6.45) is 2.53. The molecule has 1 saturated heterocycles. The maximum absolute atomic E-state index is 12.8. The van der Waals surface area contributed by atoms with Crippen LogP contribution in [0, 0.1) is 0 Å². The van der Waals surface area contributed by atoms with E-state index in [1.807, 2.05) is 0 Å². The van der Waals surface area contributed by atoms with E-state index in [0.717, 1.165) is 44.9 Å². The van der Waals surface area contributed by atoms with Crippen molar-refractivity contribution in [3.8, 4) is 0 Å². The van der Waals surface area contributed by atoms with Gasteiger partial charge in [-0.1, -0.05) is 97.3 Å². The van der Waals surface area contributed by atoms with Gasteiger partial charge in [0, 0.05) is 0 Å². The van der Waals surface area contributed by atoms with Crippen molar-refractivity contribution in [1.82, 2.24) is 5.32 Å². The summed E-state index contributed by atoms with van der Waals surface area (Å²) in [4.78, 5) is 12.8. The summed E-state index contributed by atoms with van der Waals surface area (Å²) in [5.41, 5.74) is 0. The third kappa shape index (κ3) is 13.8. The molecule has 0 aromatic carbocycles. The molecule has 1 heterocycles. The molecule has 11 heteroatoms. The first-order valence-electron chi connectivity index (χ1n) is 15.4. The van der Waals surface area contributed by atoms with Crippen LogP contribution in [-0.4, -0.2) is 110 Å². The predicted octanol–water partition coefficient (Wildman–Crippen LogP) is 1.26. The highest BCUT2D eigenvalue weighted by Gasteiger charge is 2.44. The van der Waals surface area contributed by atoms with Crippen molar-refractivity contribution in [3.63, 3.8) is 0 Å². The van der Waals surface area contributed by atoms with E-state index in [9.17, 15) is 40.5 Å². The second-order valence-corrected chi connectivity index (χ2v) is 11.2. The van der Waals surface area contributed by atoms with E-state index in [1.165, 1.54) is 25.7 Å². The number of aliphatic hydroxyl groups excluding tert-OH is 7. The minimum Gasteiger partial charge on any atom is -0.394 e. The molecular weight excluding hydrogens is 522 g/mol. The quantitative estimate of drug-likeness (QED) is 0.0818. The van der Waals surface area contributed by atoms with Crippen LogP contribution in [0.5, 0.6) is 0 Å². The lowest BCUT2D eigenvalue weighted by Gasteiger charge is -2.40. The number of aliphatic hydroxyl groups is 7. The minimum atomic E-state index is -1.65. The molecule has 0 aromatic rings. The molecule has 1 aliphatic rings. The van der Waals surface area contributed by atoms with Crippen molar-refractivity contribution in [2.24, 2.45) is 0 Å². The third-order valence-electron chi connectivity index (χ3n) is 7.66. The third-order valence-corrected chi connectivity index (χ3v) is 7.66. The van der Waals surface area contributed by atoms with E-state index in [1.54, 1.807) is 0 Å². The summed E-state index contributed by atoms with van der Waals surface area (Å²) in [6.45, 7) is 3.22. The molecule has 0 bridgehead atoms. The van der Waals surface area contributed by atoms with Crippen molar-refractivity contribution >= 4 is 5.91 Å². The van der Waals surface area contributed by atoms with E-state index in [4.69, 9.17) is 9.47 Å². The molecule has 0 saturated carbocycles. The highest BCUT2D eigenvalue weighted by atomic mass is 16.7. The van der Waals surface area contributed by atoms with Crippen LogP contribution in [-0.2, 0) is 14.3 Å². The van der Waals surface area contributed by atoms with Crippen LogP contribution in [0.1, 0.15) is 110 Å². The largest absolute Gasteiger partial charge is 0.394 e. The molecule has 9 atom stereocenters. The summed E-state index contributed by atoms with van der Waals surface area (Å²) in [6, 6.07) is -1.15. The number of carbonyl (C=O) groups is 1. The van der Waals surface area contributed by atoms with Crippen molar-refractivity contribution in [1.29, 1.82) is 0 Å². The van der Waals surface area contributed by atoms with Crippen LogP contribution in [0.2, 0.25) is 0 Å². The van der Waals surface area contributed by atoms with Crippen LogP contribution in [0.25, 0.3) is 0 Å². The highest BCUT2D eigenvalue weighted by molar-refractivity contribution is 5.80. The average molecular weight is 580 g/mol. The lowest BCUT2D eigenvalue weighted by atomic mass is 9.98. The Morgan fingerprint density at radius 2 is 1.30 bits per heavy atom. The lowest BCUT2D eigenvalue weighted by molar-refractivity contribution is -0.303. The van der Waals surface area contributed by atoms with E-state index < -0.39 is 74.2 Å². The van der Waals surface area contributed by atoms with Crippen molar-refractivity contribution in [3.05, 3.63) is 0 Å². The van der Waals surface area contributed by atoms with Gasteiger partial charge in [0.1, 0.15) is 36.6 Å². The molecule has 1 aliphatic heterocycles. The molecule has 11 nitrogen and oxygen atoms in total. The summed E-state index contributed by atoms with van der Waals surface area (Å²) in [5.74, 6) is -0.709. The molecule has 0 aromatic heterocycles. The van der Waals surface area contributed by atoms with Gasteiger partial charge in [-0.2, -0.15) is 0 Å². The normalized spacial score (nSPS) is 26.3. The number of amides is 1. The summed E-state index contributed by atoms with van der Waals surface area (Å²) in [7, 11) is 0. The number of ether oxygens (including phenoxy) is 2. The Morgan fingerprint density at radius 3 is 1.85 bits per heavy atom. The zero-order valence-electron chi connectivity index (χ0n) is 24.6. The van der Waals surface area contributed by atoms with Crippen LogP contribution in [0.3, 0.4) is 0 Å². The second kappa shape index (κ2) is 21.8. The Kier molecular flexibility index (Phi) is 20.2. The first-order chi connectivity index (χ1) is 19.2. The fourth-order valence-corrected chi connectivity index (χ4v) is 4.91. The molecule has 1 amide bonds. The summed E-state index contributed by atoms with van der Waals surface area (Å²) >= 11 is 0. The number of rotatable bonds is 23. The van der Waals surface area contributed by atoms with Crippen LogP contribution < -0.4 is 5.32 Å². The Bertz CT molecular complexity index is 640. The molecule has 0 aliphatic carbocycles. The van der Waals surface area contributed by atoms with Gasteiger partial charge in [0.25, 0.3) is 0 Å². The number of carbonyl (C=O) groups excluding carboxylic acids is 1. The fourth-order valence-electron chi connectivity index (χ4n) is 4.91. The Labute approximate surface area is 239 Å². The molecule has 238 valence electrons. The standard InChI is InChI=1S/C29H57NO10/c1-3-5-7-9-10-11-13-15-17-22(33)28(38)30-20(24(34)21(32)16-14-12-8-6-4-2)19-39-29-27(37)26(36)25(35)23(18-31)40-29/h20-27,29,31-37H,3-19H2,1-2H3,(H,30,38). The van der Waals surface area contributed by atoms with Gasteiger partial charge >= 0.3 is 0 Å². The van der Waals surface area contributed by atoms with Gasteiger partial charge in [-0.15, -0.1) is 0 Å². The number of hydrogen-bond donors (Lipinski definition) is 8. The molecule has 1 fully saturated rings. The van der Waals surface area contributed by atoms with Crippen LogP contribution in [0.15, 0.2) is 0 Å². The van der Waals surface area contributed by atoms with E-state index in [0.29, 0.717) is 19.3 Å². The van der Waals surface area contributed by atoms with Gasteiger partial charge in [0.15, 0.2) is 6.29 Å². The van der Waals surface area contributed by atoms with E-state index in [-0.39, 0.29) is 6.42 Å². The smallest absolute Gasteiger partial charge is 0.249 e. The van der Waals surface area contributed by atoms with Crippen LogP contribution >= 0.6 is 0 Å². The minimum absolute atomic E-state index is 0.261. The monoisotopic (exact) mass is 579 g/mol. The van der Waals surface area contributed by atoms with Gasteiger partial charge in [-0.05, 0) is 12.8 Å². The van der Waals surface area contributed by atoms with Gasteiger partial charge in [0.2, 0.25) is 5.91 Å². The van der Waals surface area contributed by atoms with Gasteiger partial charge in [-0.3, -0.25) is 4.79 Å². The SMILES string of the molecule is CCCCCCCCCCC(O)C(=O)NC(COC1OC(CO)C(O)C(O)C1O)C(O)C(O)CCCCCCC. The summed E-state index contributed by atoms with van der Waals surface area (Å²) in [5, 5.41) is 74.1. The Hall–Kier alpha value is -0.890. The highest BCUT2D eigenvalue weighted by Crippen LogP contribution is 2.23. The molecule has 40 heavy (non-hydrogen) atoms. The Balaban J connectivity index is 2.70. The van der Waals surface area contributed by atoms with Crippen molar-refractivity contribution in [2.75, 3.05) is 13.2 Å². The first-order valence-corrected chi connectivity index (χ1v) is 15.4. The lowest BCUT2D eigenvalue weighted by Crippen LogP contribution is -2.60. The average Bonchev–Trinajstić information content (AvgIpc) is 2.95. The molecule has 1 rings (SSSR count). The van der Waals surface area contributed by atoms with Gasteiger partial charge in [0.05, 0.1) is 25.4 Å². The molecule has 8 N–H and O–H groups in total. The molecule has 9 unspecified atom stereocenters. The summed E-state index contributed by atoms with van der Waals surface area (Å²) < 4.78 is 10.9. The first kappa shape index (κ1) is 37.1. The maximum Gasteiger partial charge on any atom is 0.249 e. The van der Waals surface area contributed by atoms with Crippen molar-refractivity contribution < 1.29 is 50.0 Å². The maximum atomic E-state index is 12.8. The number of unbranched alkanes of at least 4 members (excludes halogenated alkanes) is 11. The molecule has 0 radical (unpaired) electrons. The second-order valence-electron chi connectivity index (χ2n) is 11.2. The van der Waals surface area contributed by atoms with Crippen LogP contribution in [0.4, 0.5) is 0 Å². The molecular formula is C29H57NO10. The number of hydrogen-bond acceptors (Lipinski definition) is 10. The topological polar surface area (TPSA) is 189 Å². The van der Waals surface area contributed by atoms with Crippen molar-refractivity contribution in [2.45, 2.75) is 165 Å². The zero-order valence-corrected chi connectivity index (χ0v) is 24.6. The van der Waals surface area contributed by atoms with Gasteiger partial charge in [-0.25, -0.2) is 0 Å². The van der Waals surface area contributed by atoms with E-state index in [2.05, 4.69) is 19.2 Å². The molecule has 0 spiro atoms. The van der Waals surface area contributed by atoms with E-state index >= 15 is 0 Å². The predicted molar refractivity (Wildman–Crippen MR) is 150 cm³/mol. The fraction of sp³-hybridized carbons (Fsp3) is 0.966. The zero-order chi connectivity index (χ0) is 29.9. The number of nitrogens with one attached hydrogen (secondary N) is 1.